The van der Waals surface area contributed by atoms with Crippen LogP contribution in [-0.4, -0.2) is 21.0 Å². The standard InChI is InChI=1S/C12H8BrFN2O3/c1-6-10(11(17)18)5-15-12(16-6)19-9-3-7(13)2-8(14)4-9/h2-5H,1H3,(H,17,18). The monoisotopic (exact) mass is 326 g/mol. The second-order valence-electron chi connectivity index (χ2n) is 3.66. The number of rotatable bonds is 3. The number of aromatic carboxylic acids is 1. The van der Waals surface area contributed by atoms with Crippen LogP contribution in [0.2, 0.25) is 0 Å². The minimum Gasteiger partial charge on any atom is -0.478 e. The number of carbonyl (C=O) groups is 1. The highest BCUT2D eigenvalue weighted by Crippen LogP contribution is 2.24. The number of aromatic nitrogens is 2. The highest BCUT2D eigenvalue weighted by Gasteiger charge is 2.11. The highest BCUT2D eigenvalue weighted by atomic mass is 79.9. The maximum absolute atomic E-state index is 13.2. The Hall–Kier alpha value is -2.02. The predicted molar refractivity (Wildman–Crippen MR) is 67.9 cm³/mol. The first kappa shape index (κ1) is 13.4. The fourth-order valence-electron chi connectivity index (χ4n) is 1.40. The van der Waals surface area contributed by atoms with Gasteiger partial charge in [0.15, 0.2) is 0 Å². The molecule has 0 fully saturated rings. The summed E-state index contributed by atoms with van der Waals surface area (Å²) < 4.78 is 18.9. The Kier molecular flexibility index (Phi) is 3.75. The number of benzene rings is 1. The first-order chi connectivity index (χ1) is 8.95. The summed E-state index contributed by atoms with van der Waals surface area (Å²) in [6, 6.07) is 3.97. The minimum atomic E-state index is -1.11. The quantitative estimate of drug-likeness (QED) is 0.937. The van der Waals surface area contributed by atoms with Crippen LogP contribution in [-0.2, 0) is 0 Å². The van der Waals surface area contributed by atoms with Crippen LogP contribution in [0.1, 0.15) is 16.1 Å². The molecule has 0 saturated carbocycles. The van der Waals surface area contributed by atoms with Gasteiger partial charge in [-0.1, -0.05) is 15.9 Å². The molecule has 1 N–H and O–H groups in total. The SMILES string of the molecule is Cc1nc(Oc2cc(F)cc(Br)c2)ncc1C(=O)O. The Bertz CT molecular complexity index is 629. The Labute approximate surface area is 116 Å². The van der Waals surface area contributed by atoms with Crippen LogP contribution < -0.4 is 4.74 Å². The smallest absolute Gasteiger partial charge is 0.339 e. The Balaban J connectivity index is 2.28. The summed E-state index contributed by atoms with van der Waals surface area (Å²) in [6.45, 7) is 1.53. The fourth-order valence-corrected chi connectivity index (χ4v) is 1.84. The zero-order valence-electron chi connectivity index (χ0n) is 9.72. The predicted octanol–water partition coefficient (Wildman–Crippen LogP) is 3.18. The van der Waals surface area contributed by atoms with Crippen molar-refractivity contribution in [3.05, 3.63) is 45.9 Å². The number of aryl methyl sites for hydroxylation is 1. The van der Waals surface area contributed by atoms with E-state index in [2.05, 4.69) is 25.9 Å². The van der Waals surface area contributed by atoms with Gasteiger partial charge in [-0.05, 0) is 19.1 Å². The third kappa shape index (κ3) is 3.25. The van der Waals surface area contributed by atoms with Crippen LogP contribution in [0.4, 0.5) is 4.39 Å². The van der Waals surface area contributed by atoms with Crippen molar-refractivity contribution in [1.29, 1.82) is 0 Å². The maximum Gasteiger partial charge on any atom is 0.339 e. The first-order valence-electron chi connectivity index (χ1n) is 5.16. The van der Waals surface area contributed by atoms with Gasteiger partial charge >= 0.3 is 12.0 Å². The average Bonchev–Trinajstić information content (AvgIpc) is 2.26. The Morgan fingerprint density at radius 2 is 2.16 bits per heavy atom. The first-order valence-corrected chi connectivity index (χ1v) is 5.96. The molecule has 98 valence electrons. The lowest BCUT2D eigenvalue weighted by Crippen LogP contribution is -2.04. The molecule has 7 heteroatoms. The molecule has 0 bridgehead atoms. The Morgan fingerprint density at radius 1 is 1.42 bits per heavy atom. The molecular formula is C12H8BrFN2O3. The maximum atomic E-state index is 13.2. The normalized spacial score (nSPS) is 10.3. The third-order valence-electron chi connectivity index (χ3n) is 2.23. The van der Waals surface area contributed by atoms with Crippen molar-refractivity contribution in [2.24, 2.45) is 0 Å². The summed E-state index contributed by atoms with van der Waals surface area (Å²) >= 11 is 3.13. The van der Waals surface area contributed by atoms with E-state index in [1.54, 1.807) is 6.07 Å². The molecule has 5 nitrogen and oxygen atoms in total. The van der Waals surface area contributed by atoms with Crippen LogP contribution in [0, 0.1) is 12.7 Å². The summed E-state index contributed by atoms with van der Waals surface area (Å²) in [7, 11) is 0. The van der Waals surface area contributed by atoms with Gasteiger partial charge in [-0.15, -0.1) is 0 Å². The zero-order chi connectivity index (χ0) is 14.0. The molecule has 0 aliphatic carbocycles. The number of hydrogen-bond donors (Lipinski definition) is 1. The van der Waals surface area contributed by atoms with Crippen molar-refractivity contribution < 1.29 is 19.0 Å². The van der Waals surface area contributed by atoms with Crippen molar-refractivity contribution in [1.82, 2.24) is 9.97 Å². The molecule has 0 aliphatic rings. The van der Waals surface area contributed by atoms with E-state index in [4.69, 9.17) is 9.84 Å². The molecular weight excluding hydrogens is 319 g/mol. The van der Waals surface area contributed by atoms with E-state index < -0.39 is 11.8 Å². The molecule has 19 heavy (non-hydrogen) atoms. The van der Waals surface area contributed by atoms with Gasteiger partial charge in [0, 0.05) is 16.7 Å². The van der Waals surface area contributed by atoms with Gasteiger partial charge in [-0.2, -0.15) is 4.98 Å². The van der Waals surface area contributed by atoms with Crippen LogP contribution >= 0.6 is 15.9 Å². The van der Waals surface area contributed by atoms with Gasteiger partial charge < -0.3 is 9.84 Å². The van der Waals surface area contributed by atoms with Gasteiger partial charge in [0.25, 0.3) is 0 Å². The minimum absolute atomic E-state index is 0.00669. The molecule has 0 atom stereocenters. The highest BCUT2D eigenvalue weighted by molar-refractivity contribution is 9.10. The van der Waals surface area contributed by atoms with Crippen molar-refractivity contribution in [2.75, 3.05) is 0 Å². The number of nitrogens with zero attached hydrogens (tertiary/aromatic N) is 2. The van der Waals surface area contributed by atoms with Crippen LogP contribution in [0.15, 0.2) is 28.9 Å². The van der Waals surface area contributed by atoms with E-state index in [1.807, 2.05) is 0 Å². The molecule has 2 rings (SSSR count). The summed E-state index contributed by atoms with van der Waals surface area (Å²) in [5.74, 6) is -1.37. The molecule has 2 aromatic rings. The lowest BCUT2D eigenvalue weighted by molar-refractivity contribution is 0.0695. The summed E-state index contributed by atoms with van der Waals surface area (Å²) in [5, 5.41) is 8.84. The van der Waals surface area contributed by atoms with Crippen molar-refractivity contribution in [2.45, 2.75) is 6.92 Å². The largest absolute Gasteiger partial charge is 0.478 e. The lowest BCUT2D eigenvalue weighted by atomic mass is 10.2. The van der Waals surface area contributed by atoms with E-state index in [-0.39, 0.29) is 23.0 Å². The van der Waals surface area contributed by atoms with E-state index >= 15 is 0 Å². The molecule has 1 aromatic heterocycles. The topological polar surface area (TPSA) is 72.3 Å². The molecule has 0 aliphatic heterocycles. The van der Waals surface area contributed by atoms with Gasteiger partial charge in [-0.25, -0.2) is 14.2 Å². The molecule has 0 radical (unpaired) electrons. The number of hydrogen-bond acceptors (Lipinski definition) is 4. The van der Waals surface area contributed by atoms with Gasteiger partial charge in [0.05, 0.1) is 11.3 Å². The van der Waals surface area contributed by atoms with E-state index in [0.717, 1.165) is 6.20 Å². The summed E-state index contributed by atoms with van der Waals surface area (Å²) in [6.07, 6.45) is 1.15. The van der Waals surface area contributed by atoms with E-state index in [0.29, 0.717) is 4.47 Å². The van der Waals surface area contributed by atoms with Crippen LogP contribution in [0.5, 0.6) is 11.8 Å². The van der Waals surface area contributed by atoms with Gasteiger partial charge in [0.1, 0.15) is 11.6 Å². The average molecular weight is 327 g/mol. The van der Waals surface area contributed by atoms with Crippen molar-refractivity contribution in [3.8, 4) is 11.8 Å². The third-order valence-corrected chi connectivity index (χ3v) is 2.69. The lowest BCUT2D eigenvalue weighted by Gasteiger charge is -2.06. The number of carboxylic acids is 1. The fraction of sp³-hybridized carbons (Fsp3) is 0.0833. The van der Waals surface area contributed by atoms with Gasteiger partial charge in [0.2, 0.25) is 0 Å². The second-order valence-corrected chi connectivity index (χ2v) is 4.58. The molecule has 1 aromatic carbocycles. The molecule has 0 saturated heterocycles. The van der Waals surface area contributed by atoms with Crippen LogP contribution in [0.25, 0.3) is 0 Å². The number of ether oxygens (including phenoxy) is 1. The van der Waals surface area contributed by atoms with Crippen LogP contribution in [0.3, 0.4) is 0 Å². The van der Waals surface area contributed by atoms with E-state index in [1.165, 1.54) is 19.1 Å². The second kappa shape index (κ2) is 5.31. The molecule has 0 amide bonds. The summed E-state index contributed by atoms with van der Waals surface area (Å²) in [5.41, 5.74) is 0.265. The molecule has 1 heterocycles. The zero-order valence-corrected chi connectivity index (χ0v) is 11.3. The Morgan fingerprint density at radius 3 is 2.74 bits per heavy atom. The molecule has 0 spiro atoms. The van der Waals surface area contributed by atoms with E-state index in [9.17, 15) is 9.18 Å². The van der Waals surface area contributed by atoms with Crippen molar-refractivity contribution >= 4 is 21.9 Å². The van der Waals surface area contributed by atoms with Crippen molar-refractivity contribution in [3.63, 3.8) is 0 Å². The molecule has 0 unspecified atom stereocenters. The summed E-state index contributed by atoms with van der Waals surface area (Å²) in [4.78, 5) is 18.5. The van der Waals surface area contributed by atoms with Gasteiger partial charge in [-0.3, -0.25) is 0 Å². The number of carboxylic acid groups (broad SMARTS) is 1. The number of halogens is 2.